The van der Waals surface area contributed by atoms with Gasteiger partial charge in [0.15, 0.2) is 0 Å². The molecule has 0 amide bonds. The Bertz CT molecular complexity index is 139. The molecule has 0 aromatic heterocycles. The lowest BCUT2D eigenvalue weighted by Gasteiger charge is -2.12. The second-order valence-electron chi connectivity index (χ2n) is 1.56. The highest BCUT2D eigenvalue weighted by Crippen LogP contribution is 2.06. The molecule has 0 bridgehead atoms. The Labute approximate surface area is 53.0 Å². The molecule has 1 aliphatic rings. The van der Waals surface area contributed by atoms with E-state index in [2.05, 4.69) is 5.32 Å². The molecule has 8 heavy (non-hydrogen) atoms. The van der Waals surface area contributed by atoms with Gasteiger partial charge in [0, 0.05) is 0 Å². The highest BCUT2D eigenvalue weighted by atomic mass is 35.5. The average molecular weight is 131 g/mol. The van der Waals surface area contributed by atoms with Crippen LogP contribution in [-0.4, -0.2) is 6.17 Å². The summed E-state index contributed by atoms with van der Waals surface area (Å²) < 4.78 is 0. The van der Waals surface area contributed by atoms with Crippen molar-refractivity contribution in [2.75, 3.05) is 0 Å². The molecular weight excluding hydrogens is 124 g/mol. The van der Waals surface area contributed by atoms with Gasteiger partial charge in [-0.2, -0.15) is 0 Å². The number of hydrogen-bond acceptors (Lipinski definition) is 2. The van der Waals surface area contributed by atoms with E-state index in [1.165, 1.54) is 0 Å². The van der Waals surface area contributed by atoms with E-state index < -0.39 is 0 Å². The number of hydrogen-bond donors (Lipinski definition) is 2. The molecule has 0 aromatic rings. The number of rotatable bonds is 0. The number of halogens is 1. The standard InChI is InChI=1S/C5H7ClN2/c6-4-2-1-3-8-5(4)7/h1-3,5,8H,7H2. The summed E-state index contributed by atoms with van der Waals surface area (Å²) in [5.41, 5.74) is 5.42. The minimum Gasteiger partial charge on any atom is -0.371 e. The monoisotopic (exact) mass is 130 g/mol. The summed E-state index contributed by atoms with van der Waals surface area (Å²) in [6, 6.07) is 0. The predicted octanol–water partition coefficient (Wildman–Crippen LogP) is 0.511. The van der Waals surface area contributed by atoms with Gasteiger partial charge in [-0.15, -0.1) is 0 Å². The molecule has 0 spiro atoms. The van der Waals surface area contributed by atoms with Gasteiger partial charge in [-0.05, 0) is 18.4 Å². The van der Waals surface area contributed by atoms with E-state index in [1.54, 1.807) is 12.3 Å². The van der Waals surface area contributed by atoms with Crippen molar-refractivity contribution in [1.82, 2.24) is 5.32 Å². The van der Waals surface area contributed by atoms with E-state index in [1.807, 2.05) is 6.08 Å². The van der Waals surface area contributed by atoms with E-state index >= 15 is 0 Å². The fourth-order valence-electron chi connectivity index (χ4n) is 0.483. The van der Waals surface area contributed by atoms with Crippen LogP contribution in [0, 0.1) is 0 Å². The van der Waals surface area contributed by atoms with Gasteiger partial charge in [0.1, 0.15) is 6.17 Å². The summed E-state index contributed by atoms with van der Waals surface area (Å²) >= 11 is 5.59. The predicted molar refractivity (Wildman–Crippen MR) is 34.2 cm³/mol. The largest absolute Gasteiger partial charge is 0.371 e. The summed E-state index contributed by atoms with van der Waals surface area (Å²) in [5.74, 6) is 0. The van der Waals surface area contributed by atoms with Crippen LogP contribution in [0.25, 0.3) is 0 Å². The maximum atomic E-state index is 5.59. The Balaban J connectivity index is 2.66. The Morgan fingerprint density at radius 1 is 1.75 bits per heavy atom. The first kappa shape index (κ1) is 5.66. The summed E-state index contributed by atoms with van der Waals surface area (Å²) in [7, 11) is 0. The smallest absolute Gasteiger partial charge is 0.111 e. The molecule has 0 fully saturated rings. The second-order valence-corrected chi connectivity index (χ2v) is 1.99. The third-order valence-electron chi connectivity index (χ3n) is 0.925. The molecule has 3 N–H and O–H groups in total. The van der Waals surface area contributed by atoms with Crippen LogP contribution in [0.1, 0.15) is 0 Å². The average Bonchev–Trinajstić information content (AvgIpc) is 1.77. The van der Waals surface area contributed by atoms with E-state index in [9.17, 15) is 0 Å². The van der Waals surface area contributed by atoms with E-state index in [-0.39, 0.29) is 6.17 Å². The van der Waals surface area contributed by atoms with E-state index in [4.69, 9.17) is 17.3 Å². The molecule has 44 valence electrons. The third-order valence-corrected chi connectivity index (χ3v) is 1.29. The van der Waals surface area contributed by atoms with Crippen LogP contribution in [0.3, 0.4) is 0 Å². The number of dihydropyridines is 1. The van der Waals surface area contributed by atoms with Crippen LogP contribution >= 0.6 is 11.6 Å². The molecule has 0 aliphatic carbocycles. The van der Waals surface area contributed by atoms with Crippen molar-refractivity contribution in [3.63, 3.8) is 0 Å². The molecule has 0 saturated heterocycles. The summed E-state index contributed by atoms with van der Waals surface area (Å²) in [6.45, 7) is 0. The minimum absolute atomic E-state index is 0.207. The molecular formula is C5H7ClN2. The molecule has 2 nitrogen and oxygen atoms in total. The van der Waals surface area contributed by atoms with Gasteiger partial charge in [0.05, 0.1) is 5.03 Å². The molecule has 1 unspecified atom stereocenters. The van der Waals surface area contributed by atoms with Crippen molar-refractivity contribution >= 4 is 11.6 Å². The topological polar surface area (TPSA) is 38.0 Å². The van der Waals surface area contributed by atoms with Crippen LogP contribution in [0.4, 0.5) is 0 Å². The molecule has 1 atom stereocenters. The third kappa shape index (κ3) is 1.02. The van der Waals surface area contributed by atoms with E-state index in [0.29, 0.717) is 5.03 Å². The highest BCUT2D eigenvalue weighted by Gasteiger charge is 2.03. The number of nitrogens with one attached hydrogen (secondary N) is 1. The first-order valence-electron chi connectivity index (χ1n) is 2.34. The molecule has 1 rings (SSSR count). The Morgan fingerprint density at radius 2 is 2.50 bits per heavy atom. The first-order chi connectivity index (χ1) is 3.80. The van der Waals surface area contributed by atoms with Crippen LogP contribution < -0.4 is 11.1 Å². The first-order valence-corrected chi connectivity index (χ1v) is 2.72. The summed E-state index contributed by atoms with van der Waals surface area (Å²) in [4.78, 5) is 0. The molecule has 0 radical (unpaired) electrons. The lowest BCUT2D eigenvalue weighted by atomic mass is 10.3. The zero-order valence-corrected chi connectivity index (χ0v) is 5.02. The zero-order valence-electron chi connectivity index (χ0n) is 4.26. The van der Waals surface area contributed by atoms with Crippen molar-refractivity contribution in [3.8, 4) is 0 Å². The quantitative estimate of drug-likeness (QED) is 0.502. The second kappa shape index (κ2) is 2.20. The van der Waals surface area contributed by atoms with Gasteiger partial charge in [0.25, 0.3) is 0 Å². The van der Waals surface area contributed by atoms with Crippen LogP contribution in [0.2, 0.25) is 0 Å². The highest BCUT2D eigenvalue weighted by molar-refractivity contribution is 6.30. The normalized spacial score (nSPS) is 26.8. The minimum atomic E-state index is -0.207. The van der Waals surface area contributed by atoms with Gasteiger partial charge in [-0.25, -0.2) is 0 Å². The van der Waals surface area contributed by atoms with Crippen molar-refractivity contribution in [2.24, 2.45) is 5.73 Å². The van der Waals surface area contributed by atoms with Crippen LogP contribution in [0.15, 0.2) is 23.4 Å². The fraction of sp³-hybridized carbons (Fsp3) is 0.200. The summed E-state index contributed by atoms with van der Waals surface area (Å²) in [5, 5.41) is 3.47. The van der Waals surface area contributed by atoms with E-state index in [0.717, 1.165) is 0 Å². The Morgan fingerprint density at radius 3 is 2.88 bits per heavy atom. The SMILES string of the molecule is NC1NC=CC=C1Cl. The molecule has 0 saturated carbocycles. The van der Waals surface area contributed by atoms with Gasteiger partial charge in [-0.3, -0.25) is 0 Å². The molecule has 0 aromatic carbocycles. The zero-order chi connectivity index (χ0) is 5.98. The van der Waals surface area contributed by atoms with Crippen molar-refractivity contribution in [2.45, 2.75) is 6.17 Å². The van der Waals surface area contributed by atoms with Gasteiger partial charge in [-0.1, -0.05) is 11.6 Å². The summed E-state index contributed by atoms with van der Waals surface area (Å²) in [6.07, 6.45) is 5.13. The van der Waals surface area contributed by atoms with Crippen molar-refractivity contribution in [3.05, 3.63) is 23.4 Å². The number of allylic oxidation sites excluding steroid dienone is 2. The molecule has 3 heteroatoms. The molecule has 1 heterocycles. The Kier molecular flexibility index (Phi) is 1.56. The van der Waals surface area contributed by atoms with Crippen LogP contribution in [0.5, 0.6) is 0 Å². The van der Waals surface area contributed by atoms with Crippen molar-refractivity contribution < 1.29 is 0 Å². The van der Waals surface area contributed by atoms with Gasteiger partial charge < -0.3 is 11.1 Å². The maximum absolute atomic E-state index is 5.59. The fourth-order valence-corrected chi connectivity index (χ4v) is 0.618. The van der Waals surface area contributed by atoms with Crippen LogP contribution in [-0.2, 0) is 0 Å². The number of nitrogens with two attached hydrogens (primary N) is 1. The van der Waals surface area contributed by atoms with Gasteiger partial charge in [0.2, 0.25) is 0 Å². The maximum Gasteiger partial charge on any atom is 0.111 e. The lowest BCUT2D eigenvalue weighted by Crippen LogP contribution is -2.35. The van der Waals surface area contributed by atoms with Crippen molar-refractivity contribution in [1.29, 1.82) is 0 Å². The Hall–Kier alpha value is -0.470. The lowest BCUT2D eigenvalue weighted by molar-refractivity contribution is 0.715. The van der Waals surface area contributed by atoms with Gasteiger partial charge >= 0.3 is 0 Å². The molecule has 1 aliphatic heterocycles.